The fourth-order valence-electron chi connectivity index (χ4n) is 10.1. The first-order valence-electron chi connectivity index (χ1n) is 23.5. The second-order valence-electron chi connectivity index (χ2n) is 17.6. The Kier molecular flexibility index (Phi) is 10.6. The van der Waals surface area contributed by atoms with Gasteiger partial charge in [-0.25, -0.2) is 0 Å². The largest absolute Gasteiger partial charge is 0.302 e. The molecule has 3 heterocycles. The van der Waals surface area contributed by atoms with Crippen molar-refractivity contribution in [3.63, 3.8) is 0 Å². The highest BCUT2D eigenvalue weighted by atomic mass is 32.1. The minimum Gasteiger partial charge on any atom is -0.302 e. The van der Waals surface area contributed by atoms with E-state index in [1.807, 2.05) is 34.0 Å². The van der Waals surface area contributed by atoms with E-state index in [-0.39, 0.29) is 0 Å². The molecule has 9 aromatic carbocycles. The van der Waals surface area contributed by atoms with Crippen molar-refractivity contribution in [3.8, 4) is 52.9 Å². The predicted molar refractivity (Wildman–Crippen MR) is 299 cm³/mol. The van der Waals surface area contributed by atoms with E-state index >= 15 is 0 Å². The van der Waals surface area contributed by atoms with E-state index in [1.165, 1.54) is 95.6 Å². The summed E-state index contributed by atoms with van der Waals surface area (Å²) in [5.41, 5.74) is 15.0. The normalized spacial score (nSPS) is 11.9. The molecule has 5 heteroatoms. The lowest BCUT2D eigenvalue weighted by molar-refractivity contribution is 0.941. The van der Waals surface area contributed by atoms with Crippen molar-refractivity contribution in [2.75, 3.05) is 9.80 Å². The zero-order valence-corrected chi connectivity index (χ0v) is 40.1. The van der Waals surface area contributed by atoms with E-state index in [1.54, 1.807) is 0 Å². The van der Waals surface area contributed by atoms with Crippen LogP contribution in [0.1, 0.15) is 11.1 Å². The minimum absolute atomic E-state index is 1.02. The van der Waals surface area contributed by atoms with Crippen LogP contribution in [-0.2, 0) is 12.8 Å². The zero-order valence-electron chi connectivity index (χ0n) is 37.6. The Morgan fingerprint density at radius 1 is 0.275 bits per heavy atom. The standard InChI is InChI=1S/C64H44N2S3/c1-3-17-49(18-4-1)65(63-39-37-59(68-63)48-29-27-45(28-30-48)54-23-11-15-43-13-7-9-21-53(43)54)51-33-31-46-25-26-47-32-34-52(42-58(47)57(46)41-51)66(50-19-5-2-6-20-50)64-40-38-62(69-64)61-36-35-60(67-61)56-24-12-16-44-14-8-10-22-55(44)56/h1-24,27-42H,25-26H2. The highest BCUT2D eigenvalue weighted by molar-refractivity contribution is 7.25. The second-order valence-corrected chi connectivity index (χ2v) is 20.8. The van der Waals surface area contributed by atoms with Crippen LogP contribution >= 0.6 is 34.0 Å². The molecule has 0 saturated heterocycles. The molecule has 1 aliphatic rings. The van der Waals surface area contributed by atoms with Crippen LogP contribution in [-0.4, -0.2) is 0 Å². The van der Waals surface area contributed by atoms with Crippen LogP contribution in [0.25, 0.3) is 74.4 Å². The molecule has 0 unspecified atom stereocenters. The summed E-state index contributed by atoms with van der Waals surface area (Å²) in [6, 6.07) is 89.2. The molecule has 0 amide bonds. The number of anilines is 6. The number of thiophene rings is 3. The number of hydrogen-bond donors (Lipinski definition) is 0. The van der Waals surface area contributed by atoms with E-state index in [4.69, 9.17) is 0 Å². The van der Waals surface area contributed by atoms with E-state index in [0.717, 1.165) is 35.6 Å². The number of rotatable bonds is 10. The fraction of sp³-hybridized carbons (Fsp3) is 0.0312. The number of benzene rings is 9. The van der Waals surface area contributed by atoms with Crippen LogP contribution in [0.2, 0.25) is 0 Å². The van der Waals surface area contributed by atoms with Gasteiger partial charge in [0.15, 0.2) is 0 Å². The van der Waals surface area contributed by atoms with Gasteiger partial charge in [0.1, 0.15) is 10.0 Å². The van der Waals surface area contributed by atoms with Crippen molar-refractivity contribution in [1.82, 2.24) is 0 Å². The molecule has 13 rings (SSSR count). The van der Waals surface area contributed by atoms with Crippen molar-refractivity contribution < 1.29 is 0 Å². The third-order valence-corrected chi connectivity index (χ3v) is 17.0. The van der Waals surface area contributed by atoms with Crippen LogP contribution in [0.5, 0.6) is 0 Å². The SMILES string of the molecule is c1ccc(N(c2ccc3c(c2)-c2cc(N(c4ccccc4)c4ccc(-c5ccc(-c6cccc7ccccc67)s5)s4)ccc2CC3)c2ccc(-c3ccc(-c4cccc5ccccc45)cc3)s2)cc1. The molecule has 69 heavy (non-hydrogen) atoms. The van der Waals surface area contributed by atoms with E-state index in [9.17, 15) is 0 Å². The molecule has 0 bridgehead atoms. The van der Waals surface area contributed by atoms with Gasteiger partial charge in [-0.15, -0.1) is 34.0 Å². The third-order valence-electron chi connectivity index (χ3n) is 13.5. The minimum atomic E-state index is 1.02. The first-order valence-corrected chi connectivity index (χ1v) is 26.0. The van der Waals surface area contributed by atoms with Crippen molar-refractivity contribution in [2.24, 2.45) is 0 Å². The number of nitrogens with zero attached hydrogens (tertiary/aromatic N) is 2. The van der Waals surface area contributed by atoms with Crippen LogP contribution in [0.4, 0.5) is 32.8 Å². The Balaban J connectivity index is 0.843. The molecule has 0 atom stereocenters. The topological polar surface area (TPSA) is 6.48 Å². The van der Waals surface area contributed by atoms with Crippen LogP contribution in [0.3, 0.4) is 0 Å². The van der Waals surface area contributed by atoms with Gasteiger partial charge in [-0.3, -0.25) is 0 Å². The Labute approximate surface area is 414 Å². The summed E-state index contributed by atoms with van der Waals surface area (Å²) in [6.45, 7) is 0. The second kappa shape index (κ2) is 17.7. The average molecular weight is 937 g/mol. The van der Waals surface area contributed by atoms with Crippen molar-refractivity contribution >= 4 is 88.3 Å². The average Bonchev–Trinajstić information content (AvgIpc) is 4.22. The molecular formula is C64H44N2S3. The van der Waals surface area contributed by atoms with Crippen molar-refractivity contribution in [3.05, 3.63) is 254 Å². The Bertz CT molecular complexity index is 3800. The summed E-state index contributed by atoms with van der Waals surface area (Å²) in [7, 11) is 0. The number of hydrogen-bond acceptors (Lipinski definition) is 5. The molecule has 0 radical (unpaired) electrons. The van der Waals surface area contributed by atoms with Gasteiger partial charge >= 0.3 is 0 Å². The molecule has 0 aliphatic heterocycles. The van der Waals surface area contributed by atoms with E-state index < -0.39 is 0 Å². The van der Waals surface area contributed by atoms with Gasteiger partial charge in [0.25, 0.3) is 0 Å². The van der Waals surface area contributed by atoms with Crippen LogP contribution in [0, 0.1) is 0 Å². The molecular weight excluding hydrogens is 893 g/mol. The molecule has 0 saturated carbocycles. The molecule has 0 fully saturated rings. The molecule has 1 aliphatic carbocycles. The first kappa shape index (κ1) is 41.4. The quantitative estimate of drug-likeness (QED) is 0.135. The lowest BCUT2D eigenvalue weighted by Gasteiger charge is -2.29. The Morgan fingerprint density at radius 2 is 0.725 bits per heavy atom. The number of aryl methyl sites for hydroxylation is 2. The molecule has 2 nitrogen and oxygen atoms in total. The monoisotopic (exact) mass is 936 g/mol. The van der Waals surface area contributed by atoms with Gasteiger partial charge in [-0.05, 0) is 164 Å². The van der Waals surface area contributed by atoms with E-state index in [2.05, 4.69) is 252 Å². The summed E-state index contributed by atoms with van der Waals surface area (Å²) in [5, 5.41) is 7.47. The maximum absolute atomic E-state index is 2.44. The Hall–Kier alpha value is -7.80. The third kappa shape index (κ3) is 7.75. The van der Waals surface area contributed by atoms with Gasteiger partial charge < -0.3 is 9.80 Å². The maximum atomic E-state index is 2.44. The van der Waals surface area contributed by atoms with Gasteiger partial charge in [0, 0.05) is 42.3 Å². The molecule has 328 valence electrons. The highest BCUT2D eigenvalue weighted by Crippen LogP contribution is 2.49. The van der Waals surface area contributed by atoms with Crippen molar-refractivity contribution in [2.45, 2.75) is 12.8 Å². The van der Waals surface area contributed by atoms with Crippen LogP contribution < -0.4 is 9.80 Å². The Morgan fingerprint density at radius 3 is 1.33 bits per heavy atom. The summed E-state index contributed by atoms with van der Waals surface area (Å²) in [6.07, 6.45) is 2.04. The lowest BCUT2D eigenvalue weighted by atomic mass is 9.85. The smallest absolute Gasteiger partial charge is 0.101 e. The first-order chi connectivity index (χ1) is 34.2. The maximum Gasteiger partial charge on any atom is 0.101 e. The van der Waals surface area contributed by atoms with Gasteiger partial charge in [-0.1, -0.05) is 158 Å². The highest BCUT2D eigenvalue weighted by Gasteiger charge is 2.24. The van der Waals surface area contributed by atoms with Crippen molar-refractivity contribution in [1.29, 1.82) is 0 Å². The predicted octanol–water partition coefficient (Wildman–Crippen LogP) is 19.6. The molecule has 0 spiro atoms. The molecule has 0 N–H and O–H groups in total. The number of fused-ring (bicyclic) bond motifs is 5. The zero-order chi connectivity index (χ0) is 45.7. The summed E-state index contributed by atoms with van der Waals surface area (Å²) in [5.74, 6) is 0. The van der Waals surface area contributed by atoms with Crippen LogP contribution in [0.15, 0.2) is 243 Å². The summed E-state index contributed by atoms with van der Waals surface area (Å²) >= 11 is 5.56. The fourth-order valence-corrected chi connectivity index (χ4v) is 13.3. The van der Waals surface area contributed by atoms with Gasteiger partial charge in [-0.2, -0.15) is 0 Å². The van der Waals surface area contributed by atoms with E-state index in [0.29, 0.717) is 0 Å². The number of para-hydroxylation sites is 2. The van der Waals surface area contributed by atoms with Gasteiger partial charge in [0.05, 0.1) is 0 Å². The summed E-state index contributed by atoms with van der Waals surface area (Å²) in [4.78, 5) is 9.94. The lowest BCUT2D eigenvalue weighted by Crippen LogP contribution is -2.12. The summed E-state index contributed by atoms with van der Waals surface area (Å²) < 4.78 is 0. The molecule has 12 aromatic rings. The molecule has 3 aromatic heterocycles. The van der Waals surface area contributed by atoms with Gasteiger partial charge in [0.2, 0.25) is 0 Å².